The predicted molar refractivity (Wildman–Crippen MR) is 109 cm³/mol. The third-order valence-corrected chi connectivity index (χ3v) is 4.67. The van der Waals surface area contributed by atoms with Crippen LogP contribution in [-0.2, 0) is 19.3 Å². The molecule has 0 amide bonds. The van der Waals surface area contributed by atoms with Crippen molar-refractivity contribution in [1.29, 1.82) is 0 Å². The third-order valence-electron chi connectivity index (χ3n) is 4.67. The first-order valence-corrected chi connectivity index (χ1v) is 9.24. The van der Waals surface area contributed by atoms with Crippen molar-refractivity contribution in [3.63, 3.8) is 0 Å². The average Bonchev–Trinajstić information content (AvgIpc) is 2.64. The Labute approximate surface area is 157 Å². The lowest BCUT2D eigenvalue weighted by molar-refractivity contribution is 0.403. The number of ether oxygens (including phenoxy) is 2. The van der Waals surface area contributed by atoms with Gasteiger partial charge in [-0.15, -0.1) is 0 Å². The second kappa shape index (κ2) is 10.2. The van der Waals surface area contributed by atoms with E-state index in [2.05, 4.69) is 47.9 Å². The fourth-order valence-corrected chi connectivity index (χ4v) is 3.37. The zero-order valence-corrected chi connectivity index (χ0v) is 16.7. The van der Waals surface area contributed by atoms with Crippen molar-refractivity contribution in [2.75, 3.05) is 41.4 Å². The zero-order chi connectivity index (χ0) is 18.9. The first kappa shape index (κ1) is 20.3. The molecular formula is C22H32N2O2. The van der Waals surface area contributed by atoms with E-state index in [0.29, 0.717) is 0 Å². The summed E-state index contributed by atoms with van der Waals surface area (Å²) < 4.78 is 11.3. The lowest BCUT2D eigenvalue weighted by Gasteiger charge is -2.16. The van der Waals surface area contributed by atoms with Gasteiger partial charge in [0.1, 0.15) is 11.5 Å². The number of benzene rings is 2. The molecule has 0 aliphatic rings. The minimum absolute atomic E-state index is 0.800. The summed E-state index contributed by atoms with van der Waals surface area (Å²) in [6.07, 6.45) is 2.81. The molecular weight excluding hydrogens is 324 g/mol. The van der Waals surface area contributed by atoms with E-state index < -0.39 is 0 Å². The lowest BCUT2D eigenvalue weighted by Crippen LogP contribution is -2.11. The summed E-state index contributed by atoms with van der Waals surface area (Å²) in [5.74, 6) is 1.90. The van der Waals surface area contributed by atoms with Crippen LogP contribution < -0.4 is 20.1 Å². The number of aryl methyl sites for hydroxylation is 1. The highest BCUT2D eigenvalue weighted by atomic mass is 16.5. The van der Waals surface area contributed by atoms with Crippen LogP contribution in [0.3, 0.4) is 0 Å². The van der Waals surface area contributed by atoms with Crippen molar-refractivity contribution in [2.24, 2.45) is 0 Å². The maximum atomic E-state index is 5.71. The molecule has 0 saturated carbocycles. The minimum atomic E-state index is 0.800. The van der Waals surface area contributed by atoms with Crippen molar-refractivity contribution >= 4 is 0 Å². The molecule has 0 fully saturated rings. The molecule has 0 heterocycles. The van der Waals surface area contributed by atoms with Gasteiger partial charge in [-0.1, -0.05) is 24.3 Å². The topological polar surface area (TPSA) is 42.5 Å². The number of methoxy groups -OCH3 is 2. The van der Waals surface area contributed by atoms with Crippen LogP contribution in [0.1, 0.15) is 27.8 Å². The van der Waals surface area contributed by atoms with E-state index in [4.69, 9.17) is 9.47 Å². The fourth-order valence-electron chi connectivity index (χ4n) is 3.37. The van der Waals surface area contributed by atoms with Crippen LogP contribution in [0.2, 0.25) is 0 Å². The van der Waals surface area contributed by atoms with Crippen LogP contribution in [0.4, 0.5) is 0 Å². The third kappa shape index (κ3) is 5.23. The Morgan fingerprint density at radius 2 is 1.46 bits per heavy atom. The van der Waals surface area contributed by atoms with Gasteiger partial charge in [-0.3, -0.25) is 0 Å². The summed E-state index contributed by atoms with van der Waals surface area (Å²) in [7, 11) is 7.45. The minimum Gasteiger partial charge on any atom is -0.496 e. The highest BCUT2D eigenvalue weighted by Gasteiger charge is 2.13. The second-order valence-electron chi connectivity index (χ2n) is 6.64. The van der Waals surface area contributed by atoms with E-state index >= 15 is 0 Å². The van der Waals surface area contributed by atoms with E-state index in [1.54, 1.807) is 14.2 Å². The van der Waals surface area contributed by atoms with E-state index in [-0.39, 0.29) is 0 Å². The summed E-state index contributed by atoms with van der Waals surface area (Å²) in [5.41, 5.74) is 6.24. The molecule has 4 nitrogen and oxygen atoms in total. The van der Waals surface area contributed by atoms with Crippen LogP contribution in [0.5, 0.6) is 11.5 Å². The zero-order valence-electron chi connectivity index (χ0n) is 16.7. The summed E-state index contributed by atoms with van der Waals surface area (Å²) >= 11 is 0. The molecule has 2 aromatic carbocycles. The van der Waals surface area contributed by atoms with Gasteiger partial charge < -0.3 is 20.1 Å². The maximum absolute atomic E-state index is 5.71. The van der Waals surface area contributed by atoms with Gasteiger partial charge in [-0.2, -0.15) is 0 Å². The monoisotopic (exact) mass is 356 g/mol. The summed E-state index contributed by atoms with van der Waals surface area (Å²) in [6, 6.07) is 11.0. The molecule has 0 aliphatic carbocycles. The Kier molecular flexibility index (Phi) is 7.95. The van der Waals surface area contributed by atoms with Crippen molar-refractivity contribution < 1.29 is 9.47 Å². The molecule has 2 rings (SSSR count). The summed E-state index contributed by atoms with van der Waals surface area (Å²) in [4.78, 5) is 0. The van der Waals surface area contributed by atoms with Crippen molar-refractivity contribution in [2.45, 2.75) is 26.2 Å². The van der Waals surface area contributed by atoms with Crippen LogP contribution in [0.15, 0.2) is 30.3 Å². The molecule has 0 bridgehead atoms. The molecule has 0 aliphatic heterocycles. The van der Waals surface area contributed by atoms with E-state index in [0.717, 1.165) is 43.9 Å². The summed E-state index contributed by atoms with van der Waals surface area (Å²) in [6.45, 7) is 4.05. The van der Waals surface area contributed by atoms with Gasteiger partial charge in [-0.05, 0) is 80.8 Å². The Morgan fingerprint density at radius 3 is 2.08 bits per heavy atom. The molecule has 0 unspecified atom stereocenters. The highest BCUT2D eigenvalue weighted by Crippen LogP contribution is 2.31. The average molecular weight is 357 g/mol. The van der Waals surface area contributed by atoms with Crippen LogP contribution in [0, 0.1) is 6.92 Å². The Morgan fingerprint density at radius 1 is 0.808 bits per heavy atom. The number of hydrogen-bond acceptors (Lipinski definition) is 4. The van der Waals surface area contributed by atoms with Crippen LogP contribution >= 0.6 is 0 Å². The molecule has 0 atom stereocenters. The number of rotatable bonds is 10. The Bertz CT molecular complexity index is 714. The Balaban J connectivity index is 2.37. The molecule has 0 aromatic heterocycles. The Hall–Kier alpha value is -2.04. The van der Waals surface area contributed by atoms with E-state index in [1.807, 2.05) is 14.1 Å². The molecule has 0 saturated heterocycles. The fraction of sp³-hybridized carbons (Fsp3) is 0.455. The normalized spacial score (nSPS) is 10.8. The second-order valence-corrected chi connectivity index (χ2v) is 6.64. The van der Waals surface area contributed by atoms with Crippen LogP contribution in [-0.4, -0.2) is 41.4 Å². The molecule has 0 spiro atoms. The highest BCUT2D eigenvalue weighted by molar-refractivity contribution is 5.49. The van der Waals surface area contributed by atoms with Gasteiger partial charge >= 0.3 is 0 Å². The van der Waals surface area contributed by atoms with E-state index in [9.17, 15) is 0 Å². The van der Waals surface area contributed by atoms with Gasteiger partial charge in [-0.25, -0.2) is 0 Å². The predicted octanol–water partition coefficient (Wildman–Crippen LogP) is 3.13. The van der Waals surface area contributed by atoms with Crippen molar-refractivity contribution in [3.8, 4) is 11.5 Å². The molecule has 4 heteroatoms. The quantitative estimate of drug-likeness (QED) is 0.686. The lowest BCUT2D eigenvalue weighted by atomic mass is 9.95. The number of hydrogen-bond donors (Lipinski definition) is 2. The van der Waals surface area contributed by atoms with Crippen molar-refractivity contribution in [3.05, 3.63) is 58.1 Å². The van der Waals surface area contributed by atoms with Crippen molar-refractivity contribution in [1.82, 2.24) is 10.6 Å². The molecule has 26 heavy (non-hydrogen) atoms. The molecule has 142 valence electrons. The van der Waals surface area contributed by atoms with Gasteiger partial charge in [0.15, 0.2) is 0 Å². The van der Waals surface area contributed by atoms with Gasteiger partial charge in [0.05, 0.1) is 14.2 Å². The van der Waals surface area contributed by atoms with Gasteiger partial charge in [0.25, 0.3) is 0 Å². The SMILES string of the molecule is CNCCc1ccc(OC)c(Cc2cc(CCNC)cc(C)c2OC)c1. The number of likely N-dealkylation sites (N-methyl/N-ethyl adjacent to an activating group) is 2. The largest absolute Gasteiger partial charge is 0.496 e. The number of nitrogens with one attached hydrogen (secondary N) is 2. The molecule has 0 radical (unpaired) electrons. The molecule has 2 aromatic rings. The van der Waals surface area contributed by atoms with E-state index in [1.165, 1.54) is 27.8 Å². The van der Waals surface area contributed by atoms with Crippen LogP contribution in [0.25, 0.3) is 0 Å². The molecule has 2 N–H and O–H groups in total. The first-order valence-electron chi connectivity index (χ1n) is 9.24. The maximum Gasteiger partial charge on any atom is 0.125 e. The smallest absolute Gasteiger partial charge is 0.125 e. The standard InChI is InChI=1S/C22H32N2O2/c1-16-12-18(9-11-24-3)14-20(22(16)26-5)15-19-13-17(8-10-23-2)6-7-21(19)25-4/h6-7,12-14,23-24H,8-11,15H2,1-5H3. The van der Waals surface area contributed by atoms with Gasteiger partial charge in [0.2, 0.25) is 0 Å². The van der Waals surface area contributed by atoms with Gasteiger partial charge in [0, 0.05) is 6.42 Å². The summed E-state index contributed by atoms with van der Waals surface area (Å²) in [5, 5.41) is 6.43. The first-order chi connectivity index (χ1) is 12.6.